The molecule has 1 amide bonds. The number of aromatic nitrogens is 1. The van der Waals surface area contributed by atoms with Crippen LogP contribution in [0.5, 0.6) is 11.5 Å². The number of fused-ring (bicyclic) bond motifs is 1. The van der Waals surface area contributed by atoms with Gasteiger partial charge in [-0.3, -0.25) is 4.79 Å². The molecule has 0 atom stereocenters. The first-order valence-electron chi connectivity index (χ1n) is 12.0. The van der Waals surface area contributed by atoms with Gasteiger partial charge in [-0.1, -0.05) is 76.7 Å². The van der Waals surface area contributed by atoms with Crippen molar-refractivity contribution in [3.63, 3.8) is 0 Å². The van der Waals surface area contributed by atoms with Crippen LogP contribution in [-0.4, -0.2) is 30.2 Å². The molecule has 4 aromatic carbocycles. The molecule has 0 unspecified atom stereocenters. The van der Waals surface area contributed by atoms with E-state index in [4.69, 9.17) is 55.9 Å². The molecule has 0 aliphatic heterocycles. The molecule has 0 radical (unpaired) electrons. The first-order valence-corrected chi connectivity index (χ1v) is 13.5. The SMILES string of the molecule is COc1cc(C=NNC(=O)c2[nH]c3c(Cl)cccc3c2-c2ccccc2Cl)ccc1OC(=O)c1ccc(Cl)cc1Cl. The Morgan fingerprint density at radius 2 is 1.63 bits per heavy atom. The van der Waals surface area contributed by atoms with Crippen molar-refractivity contribution in [1.29, 1.82) is 0 Å². The molecule has 7 nitrogen and oxygen atoms in total. The number of nitrogens with zero attached hydrogens (tertiary/aromatic N) is 1. The van der Waals surface area contributed by atoms with Crippen LogP contribution in [0.25, 0.3) is 22.0 Å². The lowest BCUT2D eigenvalue weighted by Gasteiger charge is -2.10. The lowest BCUT2D eigenvalue weighted by molar-refractivity contribution is 0.0729. The standard InChI is InChI=1S/C30H19Cl4N3O4/c1-40-25-13-16(9-12-24(25)41-30(39)19-11-10-17(31)14-23(19)34)15-35-37-29(38)28-26(18-5-2-3-7-21(18)32)20-6-4-8-22(33)27(20)36-28/h2-15,36H,1H3,(H,37,38). The van der Waals surface area contributed by atoms with Crippen molar-refractivity contribution in [2.45, 2.75) is 0 Å². The Bertz CT molecular complexity index is 1830. The lowest BCUT2D eigenvalue weighted by Crippen LogP contribution is -2.19. The van der Waals surface area contributed by atoms with E-state index >= 15 is 0 Å². The number of H-pyrrole nitrogens is 1. The first-order chi connectivity index (χ1) is 19.8. The van der Waals surface area contributed by atoms with Crippen LogP contribution in [0.15, 0.2) is 84.0 Å². The molecule has 1 heterocycles. The zero-order valence-electron chi connectivity index (χ0n) is 21.2. The summed E-state index contributed by atoms with van der Waals surface area (Å²) in [6, 6.07) is 21.9. The molecule has 41 heavy (non-hydrogen) atoms. The zero-order valence-corrected chi connectivity index (χ0v) is 24.2. The van der Waals surface area contributed by atoms with Gasteiger partial charge in [0.1, 0.15) is 5.69 Å². The minimum atomic E-state index is -0.675. The molecule has 0 saturated carbocycles. The number of carbonyl (C=O) groups is 2. The van der Waals surface area contributed by atoms with Gasteiger partial charge in [-0.2, -0.15) is 5.10 Å². The fourth-order valence-electron chi connectivity index (χ4n) is 4.18. The normalized spacial score (nSPS) is 11.1. The summed E-state index contributed by atoms with van der Waals surface area (Å²) in [5.74, 6) is -0.735. The minimum absolute atomic E-state index is 0.154. The van der Waals surface area contributed by atoms with Gasteiger partial charge in [-0.15, -0.1) is 0 Å². The van der Waals surface area contributed by atoms with E-state index in [-0.39, 0.29) is 27.8 Å². The Morgan fingerprint density at radius 1 is 0.854 bits per heavy atom. The predicted octanol–water partition coefficient (Wildman–Crippen LogP) is 8.44. The van der Waals surface area contributed by atoms with Crippen LogP contribution in [-0.2, 0) is 0 Å². The molecule has 2 N–H and O–H groups in total. The summed E-state index contributed by atoms with van der Waals surface area (Å²) in [4.78, 5) is 29.0. The van der Waals surface area contributed by atoms with Crippen molar-refractivity contribution in [3.05, 3.63) is 116 Å². The van der Waals surface area contributed by atoms with E-state index in [2.05, 4.69) is 15.5 Å². The second-order valence-electron chi connectivity index (χ2n) is 8.64. The predicted molar refractivity (Wildman–Crippen MR) is 163 cm³/mol. The number of halogens is 4. The average molecular weight is 627 g/mol. The molecular formula is C30H19Cl4N3O4. The molecule has 0 aliphatic carbocycles. The van der Waals surface area contributed by atoms with Gasteiger partial charge in [-0.05, 0) is 54.1 Å². The summed E-state index contributed by atoms with van der Waals surface area (Å²) in [5.41, 5.74) is 5.39. The maximum absolute atomic E-state index is 13.3. The number of carbonyl (C=O) groups excluding carboxylic acids is 2. The van der Waals surface area contributed by atoms with E-state index in [9.17, 15) is 9.59 Å². The van der Waals surface area contributed by atoms with E-state index in [1.165, 1.54) is 31.5 Å². The van der Waals surface area contributed by atoms with Gasteiger partial charge in [0.05, 0.1) is 34.4 Å². The van der Waals surface area contributed by atoms with E-state index in [1.54, 1.807) is 36.4 Å². The number of methoxy groups -OCH3 is 1. The van der Waals surface area contributed by atoms with Crippen molar-refractivity contribution in [2.75, 3.05) is 7.11 Å². The van der Waals surface area contributed by atoms with Crippen LogP contribution in [0.3, 0.4) is 0 Å². The second-order valence-corrected chi connectivity index (χ2v) is 10.3. The van der Waals surface area contributed by atoms with Crippen molar-refractivity contribution in [1.82, 2.24) is 10.4 Å². The van der Waals surface area contributed by atoms with Gasteiger partial charge in [0.25, 0.3) is 5.91 Å². The third kappa shape index (κ3) is 6.04. The minimum Gasteiger partial charge on any atom is -0.493 e. The molecule has 0 bridgehead atoms. The summed E-state index contributed by atoms with van der Waals surface area (Å²) in [7, 11) is 1.43. The van der Waals surface area contributed by atoms with Gasteiger partial charge < -0.3 is 14.5 Å². The smallest absolute Gasteiger partial charge is 0.345 e. The van der Waals surface area contributed by atoms with Gasteiger partial charge in [0.15, 0.2) is 11.5 Å². The quantitative estimate of drug-likeness (QED) is 0.0820. The number of esters is 1. The number of benzene rings is 4. The Kier molecular flexibility index (Phi) is 8.52. The highest BCUT2D eigenvalue weighted by molar-refractivity contribution is 6.37. The number of hydrazone groups is 1. The zero-order chi connectivity index (χ0) is 29.1. The van der Waals surface area contributed by atoms with Crippen LogP contribution in [0, 0.1) is 0 Å². The summed E-state index contributed by atoms with van der Waals surface area (Å²) in [6.45, 7) is 0. The van der Waals surface area contributed by atoms with Gasteiger partial charge >= 0.3 is 5.97 Å². The van der Waals surface area contributed by atoms with Crippen molar-refractivity contribution < 1.29 is 19.1 Å². The number of amides is 1. The van der Waals surface area contributed by atoms with Gasteiger partial charge in [0, 0.05) is 26.6 Å². The van der Waals surface area contributed by atoms with Gasteiger partial charge in [-0.25, -0.2) is 10.2 Å². The summed E-state index contributed by atoms with van der Waals surface area (Å²) in [5, 5.41) is 6.35. The fraction of sp³-hybridized carbons (Fsp3) is 0.0333. The van der Waals surface area contributed by atoms with E-state index in [0.717, 1.165) is 5.39 Å². The number of ether oxygens (including phenoxy) is 2. The molecule has 206 valence electrons. The summed E-state index contributed by atoms with van der Waals surface area (Å²) >= 11 is 24.9. The monoisotopic (exact) mass is 625 g/mol. The number of para-hydroxylation sites is 1. The average Bonchev–Trinajstić information content (AvgIpc) is 3.34. The largest absolute Gasteiger partial charge is 0.493 e. The molecular weight excluding hydrogens is 608 g/mol. The highest BCUT2D eigenvalue weighted by Gasteiger charge is 2.22. The molecule has 0 saturated heterocycles. The number of rotatable bonds is 7. The summed E-state index contributed by atoms with van der Waals surface area (Å²) < 4.78 is 10.8. The van der Waals surface area contributed by atoms with Crippen molar-refractivity contribution >= 4 is 75.4 Å². The van der Waals surface area contributed by atoms with Crippen molar-refractivity contribution in [3.8, 4) is 22.6 Å². The van der Waals surface area contributed by atoms with Crippen LogP contribution < -0.4 is 14.9 Å². The Labute approximate surface area is 254 Å². The third-order valence-corrected chi connectivity index (χ3v) is 7.27. The molecule has 0 fully saturated rings. The Balaban J connectivity index is 1.37. The third-order valence-electron chi connectivity index (χ3n) is 6.07. The fourth-order valence-corrected chi connectivity index (χ4v) is 5.11. The number of hydrogen-bond acceptors (Lipinski definition) is 5. The number of aromatic amines is 1. The molecule has 0 spiro atoms. The Hall–Kier alpha value is -4.01. The van der Waals surface area contributed by atoms with Crippen molar-refractivity contribution in [2.24, 2.45) is 5.10 Å². The maximum atomic E-state index is 13.3. The topological polar surface area (TPSA) is 92.8 Å². The first kappa shape index (κ1) is 28.5. The Morgan fingerprint density at radius 3 is 2.39 bits per heavy atom. The highest BCUT2D eigenvalue weighted by atomic mass is 35.5. The maximum Gasteiger partial charge on any atom is 0.345 e. The lowest BCUT2D eigenvalue weighted by atomic mass is 10.0. The van der Waals surface area contributed by atoms with Crippen LogP contribution in [0.1, 0.15) is 26.4 Å². The highest BCUT2D eigenvalue weighted by Crippen LogP contribution is 2.38. The molecule has 5 aromatic rings. The van der Waals surface area contributed by atoms with Crippen LogP contribution >= 0.6 is 46.4 Å². The number of hydrogen-bond donors (Lipinski definition) is 2. The molecule has 5 rings (SSSR count). The van der Waals surface area contributed by atoms with Crippen LogP contribution in [0.2, 0.25) is 20.1 Å². The molecule has 11 heteroatoms. The number of nitrogens with one attached hydrogen (secondary N) is 2. The van der Waals surface area contributed by atoms with E-state index < -0.39 is 11.9 Å². The van der Waals surface area contributed by atoms with E-state index in [1.807, 2.05) is 24.3 Å². The van der Waals surface area contributed by atoms with Gasteiger partial charge in [0.2, 0.25) is 0 Å². The second kappa shape index (κ2) is 12.2. The van der Waals surface area contributed by atoms with Crippen LogP contribution in [0.4, 0.5) is 0 Å². The summed E-state index contributed by atoms with van der Waals surface area (Å²) in [6.07, 6.45) is 1.42. The van der Waals surface area contributed by atoms with E-state index in [0.29, 0.717) is 37.3 Å². The molecule has 1 aromatic heterocycles. The molecule has 0 aliphatic rings.